The minimum Gasteiger partial charge on any atom is -0.465 e. The minimum absolute atomic E-state index is 0.333. The van der Waals surface area contributed by atoms with Crippen LogP contribution in [0.15, 0.2) is 24.4 Å². The average molecular weight is 180 g/mol. The summed E-state index contributed by atoms with van der Waals surface area (Å²) in [6.07, 6.45) is 1.59. The van der Waals surface area contributed by atoms with Gasteiger partial charge in [-0.1, -0.05) is 6.07 Å². The lowest BCUT2D eigenvalue weighted by Gasteiger charge is -2.08. The maximum atomic E-state index is 11.2. The molecular weight excluding hydrogens is 168 g/mol. The highest BCUT2D eigenvalue weighted by Crippen LogP contribution is 2.07. The van der Waals surface area contributed by atoms with E-state index in [0.29, 0.717) is 12.3 Å². The van der Waals surface area contributed by atoms with Crippen LogP contribution >= 0.6 is 0 Å². The van der Waals surface area contributed by atoms with Gasteiger partial charge in [0.15, 0.2) is 0 Å². The van der Waals surface area contributed by atoms with Gasteiger partial charge in [-0.15, -0.1) is 0 Å². The number of rotatable bonds is 3. The molecule has 0 aromatic carbocycles. The Morgan fingerprint density at radius 2 is 2.46 bits per heavy atom. The van der Waals surface area contributed by atoms with Gasteiger partial charge in [-0.25, -0.2) is 4.79 Å². The number of ether oxygens (including phenoxy) is 1. The summed E-state index contributed by atoms with van der Waals surface area (Å²) in [7, 11) is 0. The van der Waals surface area contributed by atoms with Crippen molar-refractivity contribution in [2.45, 2.75) is 13.0 Å². The van der Waals surface area contributed by atoms with Gasteiger partial charge in [0.2, 0.25) is 0 Å². The van der Waals surface area contributed by atoms with Crippen LogP contribution in [0.3, 0.4) is 0 Å². The molecule has 0 fully saturated rings. The molecule has 1 heterocycles. The Kier molecular flexibility index (Phi) is 3.40. The molecule has 4 heteroatoms. The first-order valence-corrected chi connectivity index (χ1v) is 4.09. The van der Waals surface area contributed by atoms with Gasteiger partial charge in [0.1, 0.15) is 6.04 Å². The molecule has 70 valence electrons. The van der Waals surface area contributed by atoms with Gasteiger partial charge in [-0.05, 0) is 19.1 Å². The summed E-state index contributed by atoms with van der Waals surface area (Å²) < 4.78 is 4.75. The zero-order valence-corrected chi connectivity index (χ0v) is 7.43. The van der Waals surface area contributed by atoms with Gasteiger partial charge in [-0.3, -0.25) is 4.98 Å². The number of hydrogen-bond donors (Lipinski definition) is 1. The van der Waals surface area contributed by atoms with Crippen molar-refractivity contribution < 1.29 is 9.53 Å². The summed E-state index contributed by atoms with van der Waals surface area (Å²) in [6.45, 7) is 2.07. The van der Waals surface area contributed by atoms with E-state index in [2.05, 4.69) is 4.98 Å². The van der Waals surface area contributed by atoms with Gasteiger partial charge in [0.05, 0.1) is 12.3 Å². The maximum Gasteiger partial charge on any atom is 0.329 e. The molecule has 0 unspecified atom stereocenters. The quantitative estimate of drug-likeness (QED) is 0.693. The summed E-state index contributed by atoms with van der Waals surface area (Å²) >= 11 is 0. The zero-order chi connectivity index (χ0) is 9.68. The number of nitrogens with two attached hydrogens (primary N) is 1. The van der Waals surface area contributed by atoms with Crippen LogP contribution in [0.1, 0.15) is 18.7 Å². The fourth-order valence-electron chi connectivity index (χ4n) is 0.913. The van der Waals surface area contributed by atoms with Crippen molar-refractivity contribution in [1.29, 1.82) is 0 Å². The number of esters is 1. The number of carbonyl (C=O) groups is 1. The third-order valence-corrected chi connectivity index (χ3v) is 1.55. The zero-order valence-electron chi connectivity index (χ0n) is 7.43. The second-order valence-corrected chi connectivity index (χ2v) is 2.48. The Balaban J connectivity index is 2.68. The van der Waals surface area contributed by atoms with Crippen LogP contribution in [-0.2, 0) is 9.53 Å². The Morgan fingerprint density at radius 3 is 3.00 bits per heavy atom. The molecule has 0 saturated heterocycles. The summed E-state index contributed by atoms with van der Waals surface area (Å²) in [6, 6.07) is 4.46. The van der Waals surface area contributed by atoms with E-state index in [0.717, 1.165) is 0 Å². The topological polar surface area (TPSA) is 65.2 Å². The lowest BCUT2D eigenvalue weighted by atomic mass is 10.2. The molecule has 1 aromatic rings. The van der Waals surface area contributed by atoms with E-state index in [4.69, 9.17) is 10.5 Å². The van der Waals surface area contributed by atoms with Gasteiger partial charge < -0.3 is 10.5 Å². The van der Waals surface area contributed by atoms with Crippen molar-refractivity contribution in [3.05, 3.63) is 30.1 Å². The van der Waals surface area contributed by atoms with Crippen LogP contribution < -0.4 is 5.73 Å². The smallest absolute Gasteiger partial charge is 0.329 e. The van der Waals surface area contributed by atoms with E-state index < -0.39 is 12.0 Å². The van der Waals surface area contributed by atoms with Crippen LogP contribution in [0.5, 0.6) is 0 Å². The van der Waals surface area contributed by atoms with Crippen molar-refractivity contribution in [3.63, 3.8) is 0 Å². The molecule has 0 bridgehead atoms. The average Bonchev–Trinajstić information content (AvgIpc) is 2.18. The fraction of sp³-hybridized carbons (Fsp3) is 0.333. The predicted octanol–water partition coefficient (Wildman–Crippen LogP) is 0.644. The lowest BCUT2D eigenvalue weighted by Crippen LogP contribution is -2.24. The van der Waals surface area contributed by atoms with Gasteiger partial charge in [0, 0.05) is 6.20 Å². The van der Waals surface area contributed by atoms with Crippen LogP contribution in [0.25, 0.3) is 0 Å². The minimum atomic E-state index is -0.777. The monoisotopic (exact) mass is 180 g/mol. The lowest BCUT2D eigenvalue weighted by molar-refractivity contribution is -0.144. The molecule has 0 radical (unpaired) electrons. The summed E-state index contributed by atoms with van der Waals surface area (Å²) in [5.41, 5.74) is 6.12. The summed E-state index contributed by atoms with van der Waals surface area (Å²) in [5, 5.41) is 0. The predicted molar refractivity (Wildman–Crippen MR) is 47.8 cm³/mol. The summed E-state index contributed by atoms with van der Waals surface area (Å²) in [4.78, 5) is 15.1. The van der Waals surface area contributed by atoms with Gasteiger partial charge in [-0.2, -0.15) is 0 Å². The SMILES string of the molecule is CCOC(=O)[C@@H](N)c1ccccn1. The molecule has 1 rings (SSSR count). The molecule has 0 amide bonds. The van der Waals surface area contributed by atoms with Crippen LogP contribution in [0.4, 0.5) is 0 Å². The molecule has 4 nitrogen and oxygen atoms in total. The molecule has 0 aliphatic rings. The van der Waals surface area contributed by atoms with Crippen molar-refractivity contribution >= 4 is 5.97 Å². The molecule has 1 aromatic heterocycles. The highest BCUT2D eigenvalue weighted by atomic mass is 16.5. The van der Waals surface area contributed by atoms with Crippen molar-refractivity contribution in [1.82, 2.24) is 4.98 Å². The molecule has 2 N–H and O–H groups in total. The number of nitrogens with zero attached hydrogens (tertiary/aromatic N) is 1. The first kappa shape index (κ1) is 9.67. The third-order valence-electron chi connectivity index (χ3n) is 1.55. The van der Waals surface area contributed by atoms with E-state index in [1.165, 1.54) is 0 Å². The van der Waals surface area contributed by atoms with E-state index in [-0.39, 0.29) is 0 Å². The Labute approximate surface area is 76.7 Å². The van der Waals surface area contributed by atoms with Crippen molar-refractivity contribution in [2.75, 3.05) is 6.61 Å². The molecule has 0 aliphatic carbocycles. The van der Waals surface area contributed by atoms with Crippen molar-refractivity contribution in [2.24, 2.45) is 5.73 Å². The number of hydrogen-bond acceptors (Lipinski definition) is 4. The standard InChI is InChI=1S/C9H12N2O2/c1-2-13-9(12)8(10)7-5-3-4-6-11-7/h3-6,8H,2,10H2,1H3/t8-/m0/s1. The van der Waals surface area contributed by atoms with E-state index in [9.17, 15) is 4.79 Å². The number of carbonyl (C=O) groups excluding carboxylic acids is 1. The second-order valence-electron chi connectivity index (χ2n) is 2.48. The van der Waals surface area contributed by atoms with E-state index >= 15 is 0 Å². The largest absolute Gasteiger partial charge is 0.465 e. The Bertz CT molecular complexity index is 274. The Hall–Kier alpha value is -1.42. The Morgan fingerprint density at radius 1 is 1.69 bits per heavy atom. The van der Waals surface area contributed by atoms with E-state index in [1.54, 1.807) is 31.3 Å². The number of pyridine rings is 1. The molecule has 13 heavy (non-hydrogen) atoms. The highest BCUT2D eigenvalue weighted by molar-refractivity contribution is 5.76. The van der Waals surface area contributed by atoms with Gasteiger partial charge in [0.25, 0.3) is 0 Å². The molecule has 1 atom stereocenters. The third kappa shape index (κ3) is 2.52. The summed E-state index contributed by atoms with van der Waals surface area (Å²) in [5.74, 6) is -0.443. The first-order valence-electron chi connectivity index (χ1n) is 4.09. The van der Waals surface area contributed by atoms with Crippen LogP contribution in [0, 0.1) is 0 Å². The fourth-order valence-corrected chi connectivity index (χ4v) is 0.913. The van der Waals surface area contributed by atoms with Gasteiger partial charge >= 0.3 is 5.97 Å². The van der Waals surface area contributed by atoms with Crippen LogP contribution in [0.2, 0.25) is 0 Å². The second kappa shape index (κ2) is 4.57. The van der Waals surface area contributed by atoms with Crippen molar-refractivity contribution in [3.8, 4) is 0 Å². The molecule has 0 spiro atoms. The maximum absolute atomic E-state index is 11.2. The normalized spacial score (nSPS) is 12.2. The molecule has 0 saturated carbocycles. The van der Waals surface area contributed by atoms with Crippen LogP contribution in [-0.4, -0.2) is 17.6 Å². The molecular formula is C9H12N2O2. The first-order chi connectivity index (χ1) is 6.25. The highest BCUT2D eigenvalue weighted by Gasteiger charge is 2.17. The number of aromatic nitrogens is 1. The van der Waals surface area contributed by atoms with E-state index in [1.807, 2.05) is 0 Å². The molecule has 0 aliphatic heterocycles.